The fourth-order valence-electron chi connectivity index (χ4n) is 1.52. The maximum Gasteiger partial charge on any atom is 0.0992 e. The van der Waals surface area contributed by atoms with Gasteiger partial charge in [-0.3, -0.25) is 0 Å². The van der Waals surface area contributed by atoms with E-state index in [2.05, 4.69) is 39.4 Å². The van der Waals surface area contributed by atoms with Gasteiger partial charge in [-0.25, -0.2) is 0 Å². The number of hydrogen-bond acceptors (Lipinski definition) is 2. The highest BCUT2D eigenvalue weighted by Crippen LogP contribution is 2.23. The van der Waals surface area contributed by atoms with Crippen LogP contribution in [0.5, 0.6) is 0 Å². The van der Waals surface area contributed by atoms with Crippen molar-refractivity contribution in [3.8, 4) is 6.07 Å². The third kappa shape index (κ3) is 3.08. The molecule has 0 fully saturated rings. The largest absolute Gasteiger partial charge is 0.380 e. The summed E-state index contributed by atoms with van der Waals surface area (Å²) < 4.78 is 0.910. The molecule has 0 saturated carbocycles. The highest BCUT2D eigenvalue weighted by molar-refractivity contribution is 9.10. The average molecular weight is 287 g/mol. The Labute approximate surface area is 109 Å². The number of nitrogens with zero attached hydrogens (tertiary/aromatic N) is 1. The minimum absolute atomic E-state index is 0.655. The SMILES string of the molecule is N#Cc1ccc(NCc2ccccc2)c(Br)c1. The molecule has 2 nitrogen and oxygen atoms in total. The van der Waals surface area contributed by atoms with Gasteiger partial charge < -0.3 is 5.32 Å². The lowest BCUT2D eigenvalue weighted by molar-refractivity contribution is 1.15. The maximum absolute atomic E-state index is 8.77. The molecule has 0 spiro atoms. The van der Waals surface area contributed by atoms with Crippen molar-refractivity contribution in [3.05, 3.63) is 64.1 Å². The summed E-state index contributed by atoms with van der Waals surface area (Å²) >= 11 is 3.45. The molecule has 17 heavy (non-hydrogen) atoms. The Bertz CT molecular complexity index is 544. The summed E-state index contributed by atoms with van der Waals surface area (Å²) in [4.78, 5) is 0. The second kappa shape index (κ2) is 5.51. The van der Waals surface area contributed by atoms with Crippen LogP contribution in [0.4, 0.5) is 5.69 Å². The van der Waals surface area contributed by atoms with Crippen molar-refractivity contribution in [2.24, 2.45) is 0 Å². The van der Waals surface area contributed by atoms with E-state index in [9.17, 15) is 0 Å². The summed E-state index contributed by atoms with van der Waals surface area (Å²) in [6, 6.07) is 17.8. The van der Waals surface area contributed by atoms with E-state index in [1.807, 2.05) is 30.3 Å². The Hall–Kier alpha value is -1.79. The van der Waals surface area contributed by atoms with Crippen LogP contribution in [-0.2, 0) is 6.54 Å². The van der Waals surface area contributed by atoms with E-state index in [1.54, 1.807) is 6.07 Å². The lowest BCUT2D eigenvalue weighted by Crippen LogP contribution is -1.99. The normalized spacial score (nSPS) is 9.65. The molecule has 2 rings (SSSR count). The summed E-state index contributed by atoms with van der Waals surface area (Å²) in [6.45, 7) is 0.769. The van der Waals surface area contributed by atoms with E-state index in [0.29, 0.717) is 5.56 Å². The number of nitrogens with one attached hydrogen (secondary N) is 1. The van der Waals surface area contributed by atoms with E-state index in [4.69, 9.17) is 5.26 Å². The van der Waals surface area contributed by atoms with Gasteiger partial charge in [-0.05, 0) is 39.7 Å². The van der Waals surface area contributed by atoms with Gasteiger partial charge >= 0.3 is 0 Å². The second-order valence-corrected chi connectivity index (χ2v) is 4.50. The highest BCUT2D eigenvalue weighted by atomic mass is 79.9. The van der Waals surface area contributed by atoms with Gasteiger partial charge in [0.25, 0.3) is 0 Å². The highest BCUT2D eigenvalue weighted by Gasteiger charge is 2.00. The summed E-state index contributed by atoms with van der Waals surface area (Å²) in [7, 11) is 0. The fraction of sp³-hybridized carbons (Fsp3) is 0.0714. The Balaban J connectivity index is 2.08. The van der Waals surface area contributed by atoms with Gasteiger partial charge in [0.2, 0.25) is 0 Å². The van der Waals surface area contributed by atoms with Crippen LogP contribution in [0, 0.1) is 11.3 Å². The zero-order valence-electron chi connectivity index (χ0n) is 9.15. The molecule has 0 aromatic heterocycles. The van der Waals surface area contributed by atoms with Crippen LogP contribution >= 0.6 is 15.9 Å². The molecule has 1 N–H and O–H groups in total. The van der Waals surface area contributed by atoms with Crippen LogP contribution < -0.4 is 5.32 Å². The number of nitriles is 1. The molecule has 0 saturated heterocycles. The zero-order valence-corrected chi connectivity index (χ0v) is 10.7. The van der Waals surface area contributed by atoms with Gasteiger partial charge in [-0.1, -0.05) is 30.3 Å². The van der Waals surface area contributed by atoms with Crippen molar-refractivity contribution < 1.29 is 0 Å². The Kier molecular flexibility index (Phi) is 3.79. The van der Waals surface area contributed by atoms with E-state index in [0.717, 1.165) is 16.7 Å². The molecule has 0 heterocycles. The van der Waals surface area contributed by atoms with Crippen LogP contribution in [0.2, 0.25) is 0 Å². The third-order valence-corrected chi connectivity index (χ3v) is 3.08. The average Bonchev–Trinajstić information content (AvgIpc) is 2.38. The molecule has 0 radical (unpaired) electrons. The van der Waals surface area contributed by atoms with E-state index >= 15 is 0 Å². The fourth-order valence-corrected chi connectivity index (χ4v) is 2.04. The summed E-state index contributed by atoms with van der Waals surface area (Å²) in [5.41, 5.74) is 2.87. The first-order chi connectivity index (χ1) is 8.29. The molecule has 3 heteroatoms. The number of anilines is 1. The van der Waals surface area contributed by atoms with E-state index in [-0.39, 0.29) is 0 Å². The van der Waals surface area contributed by atoms with Gasteiger partial charge in [0.05, 0.1) is 11.6 Å². The third-order valence-electron chi connectivity index (χ3n) is 2.42. The summed E-state index contributed by atoms with van der Waals surface area (Å²) in [5.74, 6) is 0. The first-order valence-corrected chi connectivity index (χ1v) is 6.06. The predicted octanol–water partition coefficient (Wildman–Crippen LogP) is 3.93. The molecular weight excluding hydrogens is 276 g/mol. The van der Waals surface area contributed by atoms with Crippen LogP contribution in [0.15, 0.2) is 53.0 Å². The van der Waals surface area contributed by atoms with Crippen LogP contribution in [0.1, 0.15) is 11.1 Å². The van der Waals surface area contributed by atoms with Crippen molar-refractivity contribution in [3.63, 3.8) is 0 Å². The molecule has 0 amide bonds. The van der Waals surface area contributed by atoms with Gasteiger partial charge in [0.15, 0.2) is 0 Å². The predicted molar refractivity (Wildman–Crippen MR) is 72.6 cm³/mol. The van der Waals surface area contributed by atoms with Gasteiger partial charge in [0, 0.05) is 16.7 Å². The smallest absolute Gasteiger partial charge is 0.0992 e. The Morgan fingerprint density at radius 3 is 2.53 bits per heavy atom. The topological polar surface area (TPSA) is 35.8 Å². The van der Waals surface area contributed by atoms with Crippen LogP contribution in [0.25, 0.3) is 0 Å². The van der Waals surface area contributed by atoms with Crippen molar-refractivity contribution in [2.45, 2.75) is 6.54 Å². The van der Waals surface area contributed by atoms with Gasteiger partial charge in [-0.2, -0.15) is 5.26 Å². The standard InChI is InChI=1S/C14H11BrN2/c15-13-8-12(9-16)6-7-14(13)17-10-11-4-2-1-3-5-11/h1-8,17H,10H2. The molecule has 0 bridgehead atoms. The monoisotopic (exact) mass is 286 g/mol. The minimum Gasteiger partial charge on any atom is -0.380 e. The lowest BCUT2D eigenvalue weighted by atomic mass is 10.2. The van der Waals surface area contributed by atoms with Crippen LogP contribution in [0.3, 0.4) is 0 Å². The van der Waals surface area contributed by atoms with Crippen molar-refractivity contribution >= 4 is 21.6 Å². The molecule has 2 aromatic carbocycles. The molecule has 2 aromatic rings. The van der Waals surface area contributed by atoms with Crippen molar-refractivity contribution in [1.29, 1.82) is 5.26 Å². The zero-order chi connectivity index (χ0) is 12.1. The number of benzene rings is 2. The number of rotatable bonds is 3. The minimum atomic E-state index is 0.655. The maximum atomic E-state index is 8.77. The quantitative estimate of drug-likeness (QED) is 0.928. The first-order valence-electron chi connectivity index (χ1n) is 5.27. The molecule has 0 unspecified atom stereocenters. The summed E-state index contributed by atoms with van der Waals surface area (Å²) in [5, 5.41) is 12.1. The molecular formula is C14H11BrN2. The van der Waals surface area contributed by atoms with Gasteiger partial charge in [-0.15, -0.1) is 0 Å². The number of halogens is 1. The van der Waals surface area contributed by atoms with Crippen LogP contribution in [-0.4, -0.2) is 0 Å². The van der Waals surface area contributed by atoms with Crippen molar-refractivity contribution in [2.75, 3.05) is 5.32 Å². The Morgan fingerprint density at radius 1 is 1.12 bits per heavy atom. The first kappa shape index (κ1) is 11.7. The molecule has 0 aliphatic heterocycles. The Morgan fingerprint density at radius 2 is 1.88 bits per heavy atom. The second-order valence-electron chi connectivity index (χ2n) is 3.65. The molecule has 84 valence electrons. The van der Waals surface area contributed by atoms with Gasteiger partial charge in [0.1, 0.15) is 0 Å². The van der Waals surface area contributed by atoms with E-state index < -0.39 is 0 Å². The molecule has 0 atom stereocenters. The van der Waals surface area contributed by atoms with E-state index in [1.165, 1.54) is 5.56 Å². The molecule has 0 aliphatic carbocycles. The molecule has 0 aliphatic rings. The number of hydrogen-bond donors (Lipinski definition) is 1. The summed E-state index contributed by atoms with van der Waals surface area (Å²) in [6.07, 6.45) is 0. The lowest BCUT2D eigenvalue weighted by Gasteiger charge is -2.08. The van der Waals surface area contributed by atoms with Crippen molar-refractivity contribution in [1.82, 2.24) is 0 Å².